The van der Waals surface area contributed by atoms with Crippen LogP contribution >= 0.6 is 0 Å². The van der Waals surface area contributed by atoms with E-state index in [1.54, 1.807) is 19.2 Å². The highest BCUT2D eigenvalue weighted by Gasteiger charge is 2.39. The summed E-state index contributed by atoms with van der Waals surface area (Å²) < 4.78 is 1.49. The second kappa shape index (κ2) is 4.96. The minimum absolute atomic E-state index is 0.154. The second-order valence-corrected chi connectivity index (χ2v) is 4.72. The molecule has 7 heteroatoms. The van der Waals surface area contributed by atoms with Gasteiger partial charge in [0.25, 0.3) is 11.8 Å². The predicted molar refractivity (Wildman–Crippen MR) is 74.0 cm³/mol. The van der Waals surface area contributed by atoms with Gasteiger partial charge in [0.05, 0.1) is 11.1 Å². The molecule has 0 spiro atoms. The molecule has 0 atom stereocenters. The van der Waals surface area contributed by atoms with Crippen LogP contribution in [0.3, 0.4) is 0 Å². The van der Waals surface area contributed by atoms with E-state index >= 15 is 0 Å². The van der Waals surface area contributed by atoms with Gasteiger partial charge in [-0.15, -0.1) is 0 Å². The lowest BCUT2D eigenvalue weighted by molar-refractivity contribution is -0.0586. The van der Waals surface area contributed by atoms with Crippen LogP contribution in [-0.4, -0.2) is 27.4 Å². The van der Waals surface area contributed by atoms with Crippen LogP contribution in [0.5, 0.6) is 0 Å². The number of benzene rings is 1. The van der Waals surface area contributed by atoms with Gasteiger partial charge in [0.1, 0.15) is 5.56 Å². The van der Waals surface area contributed by atoms with Crippen LogP contribution in [-0.2, 0) is 11.9 Å². The molecule has 0 saturated carbocycles. The molecule has 1 aliphatic rings. The van der Waals surface area contributed by atoms with Crippen molar-refractivity contribution in [2.75, 3.05) is 0 Å². The lowest BCUT2D eigenvalue weighted by atomic mass is 10.1. The molecule has 22 heavy (non-hydrogen) atoms. The fourth-order valence-corrected chi connectivity index (χ4v) is 2.12. The van der Waals surface area contributed by atoms with Crippen LogP contribution in [0.2, 0.25) is 0 Å². The molecule has 3 rings (SSSR count). The van der Waals surface area contributed by atoms with Crippen molar-refractivity contribution in [1.82, 2.24) is 9.63 Å². The molecule has 2 aromatic rings. The van der Waals surface area contributed by atoms with E-state index in [0.29, 0.717) is 5.06 Å². The van der Waals surface area contributed by atoms with Crippen LogP contribution in [0.15, 0.2) is 47.5 Å². The summed E-state index contributed by atoms with van der Waals surface area (Å²) in [5.41, 5.74) is -0.510. The first-order valence-corrected chi connectivity index (χ1v) is 6.35. The molecule has 0 N–H and O–H groups in total. The van der Waals surface area contributed by atoms with Crippen molar-refractivity contribution in [1.29, 1.82) is 0 Å². The van der Waals surface area contributed by atoms with E-state index in [1.165, 1.54) is 35.2 Å². The number of imide groups is 1. The summed E-state index contributed by atoms with van der Waals surface area (Å²) in [6.07, 6.45) is 2.74. The number of carbonyl (C=O) groups excluding carboxylic acids is 3. The van der Waals surface area contributed by atoms with Crippen molar-refractivity contribution in [2.45, 2.75) is 0 Å². The average Bonchev–Trinajstić information content (AvgIpc) is 2.75. The number of amides is 2. The highest BCUT2D eigenvalue weighted by Crippen LogP contribution is 2.22. The van der Waals surface area contributed by atoms with Crippen molar-refractivity contribution in [3.63, 3.8) is 0 Å². The normalized spacial score (nSPS) is 13.2. The summed E-state index contributed by atoms with van der Waals surface area (Å²) in [4.78, 5) is 52.7. The number of fused-ring (bicyclic) bond motifs is 1. The Labute approximate surface area is 124 Å². The lowest BCUT2D eigenvalue weighted by Gasteiger charge is -2.12. The van der Waals surface area contributed by atoms with Crippen LogP contribution in [0.4, 0.5) is 0 Å². The van der Waals surface area contributed by atoms with Gasteiger partial charge >= 0.3 is 5.97 Å². The summed E-state index contributed by atoms with van der Waals surface area (Å²) in [6, 6.07) is 7.32. The maximum Gasteiger partial charge on any atom is 0.369 e. The van der Waals surface area contributed by atoms with E-state index in [-0.39, 0.29) is 16.7 Å². The smallest absolute Gasteiger partial charge is 0.356 e. The average molecular weight is 298 g/mol. The van der Waals surface area contributed by atoms with Crippen LogP contribution in [0.1, 0.15) is 31.1 Å². The number of carbonyl (C=O) groups is 3. The van der Waals surface area contributed by atoms with Gasteiger partial charge in [0.2, 0.25) is 0 Å². The Morgan fingerprint density at radius 3 is 2.18 bits per heavy atom. The largest absolute Gasteiger partial charge is 0.369 e. The first-order valence-electron chi connectivity index (χ1n) is 6.35. The quantitative estimate of drug-likeness (QED) is 0.764. The Bertz CT molecular complexity index is 833. The third kappa shape index (κ3) is 2.08. The van der Waals surface area contributed by atoms with Crippen molar-refractivity contribution in [3.05, 3.63) is 69.6 Å². The number of hydrogen-bond donors (Lipinski definition) is 0. The Kier molecular flexibility index (Phi) is 3.10. The number of aryl methyl sites for hydroxylation is 1. The fraction of sp³-hybridized carbons (Fsp3) is 0.0667. The van der Waals surface area contributed by atoms with E-state index in [2.05, 4.69) is 0 Å². The van der Waals surface area contributed by atoms with Crippen molar-refractivity contribution >= 4 is 17.8 Å². The Morgan fingerprint density at radius 2 is 1.59 bits per heavy atom. The fourth-order valence-electron chi connectivity index (χ4n) is 2.12. The maximum atomic E-state index is 12.1. The van der Waals surface area contributed by atoms with Crippen molar-refractivity contribution in [2.24, 2.45) is 7.05 Å². The zero-order chi connectivity index (χ0) is 15.9. The summed E-state index contributed by atoms with van der Waals surface area (Å²) in [6.45, 7) is 0. The molecule has 0 saturated heterocycles. The van der Waals surface area contributed by atoms with Crippen molar-refractivity contribution in [3.8, 4) is 0 Å². The SMILES string of the molecule is Cn1ccc(=O)c(C(=O)ON2C(=O)c3ccccc3C2=O)c1. The van der Waals surface area contributed by atoms with Gasteiger partial charge in [-0.2, -0.15) is 0 Å². The van der Waals surface area contributed by atoms with E-state index in [4.69, 9.17) is 4.84 Å². The molecule has 1 aromatic carbocycles. The summed E-state index contributed by atoms with van der Waals surface area (Å²) in [5.74, 6) is -2.53. The minimum atomic E-state index is -1.06. The van der Waals surface area contributed by atoms with Crippen LogP contribution in [0.25, 0.3) is 0 Å². The minimum Gasteiger partial charge on any atom is -0.356 e. The molecule has 2 heterocycles. The molecular weight excluding hydrogens is 288 g/mol. The van der Waals surface area contributed by atoms with E-state index in [0.717, 1.165) is 0 Å². The summed E-state index contributed by atoms with van der Waals surface area (Å²) in [7, 11) is 1.62. The second-order valence-electron chi connectivity index (χ2n) is 4.72. The highest BCUT2D eigenvalue weighted by molar-refractivity contribution is 6.21. The zero-order valence-corrected chi connectivity index (χ0v) is 11.5. The van der Waals surface area contributed by atoms with Gasteiger partial charge in [-0.1, -0.05) is 17.2 Å². The van der Waals surface area contributed by atoms with Crippen LogP contribution < -0.4 is 5.43 Å². The molecule has 0 aliphatic carbocycles. The van der Waals surface area contributed by atoms with Gasteiger partial charge in [0, 0.05) is 25.5 Å². The Balaban J connectivity index is 1.90. The topological polar surface area (TPSA) is 85.7 Å². The Hall–Kier alpha value is -3.22. The monoisotopic (exact) mass is 298 g/mol. The third-order valence-corrected chi connectivity index (χ3v) is 3.21. The van der Waals surface area contributed by atoms with Gasteiger partial charge in [-0.05, 0) is 12.1 Å². The first kappa shape index (κ1) is 13.7. The number of nitrogens with zero attached hydrogens (tertiary/aromatic N) is 2. The van der Waals surface area contributed by atoms with E-state index in [9.17, 15) is 19.2 Å². The third-order valence-electron chi connectivity index (χ3n) is 3.21. The number of pyridine rings is 1. The molecule has 7 nitrogen and oxygen atoms in total. The molecule has 0 unspecified atom stereocenters. The van der Waals surface area contributed by atoms with Gasteiger partial charge in [0.15, 0.2) is 5.43 Å². The molecular formula is C15H10N2O5. The highest BCUT2D eigenvalue weighted by atomic mass is 16.7. The van der Waals surface area contributed by atoms with Gasteiger partial charge in [-0.3, -0.25) is 14.4 Å². The molecule has 0 fully saturated rings. The van der Waals surface area contributed by atoms with Gasteiger partial charge in [-0.25, -0.2) is 4.79 Å². The molecule has 2 amide bonds. The van der Waals surface area contributed by atoms with Gasteiger partial charge < -0.3 is 9.40 Å². The number of rotatable bonds is 2. The molecule has 1 aliphatic heterocycles. The zero-order valence-electron chi connectivity index (χ0n) is 11.5. The van der Waals surface area contributed by atoms with Crippen LogP contribution in [0, 0.1) is 0 Å². The molecule has 0 bridgehead atoms. The van der Waals surface area contributed by atoms with E-state index < -0.39 is 23.2 Å². The number of hydrogen-bond acceptors (Lipinski definition) is 5. The number of hydroxylamine groups is 2. The lowest BCUT2D eigenvalue weighted by Crippen LogP contribution is -2.34. The van der Waals surface area contributed by atoms with Crippen molar-refractivity contribution < 1.29 is 19.2 Å². The summed E-state index contributed by atoms with van der Waals surface area (Å²) >= 11 is 0. The first-order chi connectivity index (χ1) is 10.5. The predicted octanol–water partition coefficient (Wildman–Crippen LogP) is 0.753. The number of aromatic nitrogens is 1. The standard InChI is InChI=1S/C15H10N2O5/c1-16-7-6-12(18)11(8-16)15(21)22-17-13(19)9-4-2-3-5-10(9)14(17)20/h2-8H,1H3. The molecule has 110 valence electrons. The van der Waals surface area contributed by atoms with E-state index in [1.807, 2.05) is 0 Å². The summed E-state index contributed by atoms with van der Waals surface area (Å²) in [5, 5.41) is 0.374. The molecule has 0 radical (unpaired) electrons. The Morgan fingerprint density at radius 1 is 1.00 bits per heavy atom. The molecule has 1 aromatic heterocycles. The maximum absolute atomic E-state index is 12.1.